The summed E-state index contributed by atoms with van der Waals surface area (Å²) in [5.41, 5.74) is 5.73. The van der Waals surface area contributed by atoms with Gasteiger partial charge in [0.15, 0.2) is 6.23 Å². The Kier molecular flexibility index (Phi) is 6.65. The maximum atomic E-state index is 14.0. The van der Waals surface area contributed by atoms with Crippen LogP contribution in [0.4, 0.5) is 15.8 Å². The number of hydrogen-bond acceptors (Lipinski definition) is 4. The molecule has 3 N–H and O–H groups in total. The second-order valence-electron chi connectivity index (χ2n) is 7.05. The number of benzene rings is 3. The van der Waals surface area contributed by atoms with Gasteiger partial charge in [-0.15, -0.1) is 0 Å². The van der Waals surface area contributed by atoms with Crippen LogP contribution in [0.25, 0.3) is 17.2 Å². The Morgan fingerprint density at radius 1 is 1.03 bits per heavy atom. The average Bonchev–Trinajstić information content (AvgIpc) is 2.77. The molecule has 3 aromatic rings. The van der Waals surface area contributed by atoms with Crippen LogP contribution in [0.3, 0.4) is 0 Å². The van der Waals surface area contributed by atoms with E-state index in [-0.39, 0.29) is 5.82 Å². The molecular weight excluding hydrogens is 377 g/mol. The molecule has 4 nitrogen and oxygen atoms in total. The van der Waals surface area contributed by atoms with Gasteiger partial charge in [0.1, 0.15) is 5.82 Å². The molecule has 1 atom stereocenters. The van der Waals surface area contributed by atoms with Crippen molar-refractivity contribution in [3.63, 3.8) is 0 Å². The standard InChI is InChI=1S/C25H26FN3O/c1-4-5-17-12-22(26)15-23(13-17)29(3)25(30)19-8-6-18(7-9-19)20-10-11-24(28-2)21(14-20)16-27/h4-16,25,27-28,30H,1-3H3/b5-4+,27-16?. The van der Waals surface area contributed by atoms with Gasteiger partial charge in [0, 0.05) is 42.8 Å². The number of nitrogens with zero attached hydrogens (tertiary/aromatic N) is 1. The lowest BCUT2D eigenvalue weighted by Crippen LogP contribution is -2.23. The highest BCUT2D eigenvalue weighted by Gasteiger charge is 2.16. The van der Waals surface area contributed by atoms with Crippen molar-refractivity contribution in [1.82, 2.24) is 0 Å². The molecule has 0 spiro atoms. The van der Waals surface area contributed by atoms with Gasteiger partial charge in [-0.3, -0.25) is 0 Å². The maximum Gasteiger partial charge on any atom is 0.153 e. The second-order valence-corrected chi connectivity index (χ2v) is 7.05. The summed E-state index contributed by atoms with van der Waals surface area (Å²) in [6, 6.07) is 18.2. The molecule has 0 heterocycles. The molecule has 0 saturated carbocycles. The predicted molar refractivity (Wildman–Crippen MR) is 124 cm³/mol. The smallest absolute Gasteiger partial charge is 0.153 e. The van der Waals surface area contributed by atoms with Crippen LogP contribution >= 0.6 is 0 Å². The van der Waals surface area contributed by atoms with Crippen LogP contribution < -0.4 is 10.2 Å². The van der Waals surface area contributed by atoms with Gasteiger partial charge >= 0.3 is 0 Å². The quantitative estimate of drug-likeness (QED) is 0.351. The molecule has 0 aromatic heterocycles. The van der Waals surface area contributed by atoms with Crippen molar-refractivity contribution in [1.29, 1.82) is 5.41 Å². The Balaban J connectivity index is 1.85. The predicted octanol–water partition coefficient (Wildman–Crippen LogP) is 5.69. The zero-order chi connectivity index (χ0) is 21.7. The summed E-state index contributed by atoms with van der Waals surface area (Å²) in [5, 5.41) is 21.5. The van der Waals surface area contributed by atoms with E-state index in [4.69, 9.17) is 5.41 Å². The SMILES string of the molecule is C/C=C/c1cc(F)cc(N(C)C(O)c2ccc(-c3ccc(NC)c(C=N)c3)cc2)c1. The zero-order valence-electron chi connectivity index (χ0n) is 17.4. The molecule has 0 aliphatic carbocycles. The lowest BCUT2D eigenvalue weighted by molar-refractivity contribution is 0.178. The third kappa shape index (κ3) is 4.58. The first-order valence-corrected chi connectivity index (χ1v) is 9.73. The molecule has 0 aliphatic rings. The van der Waals surface area contributed by atoms with Crippen molar-refractivity contribution < 1.29 is 9.50 Å². The van der Waals surface area contributed by atoms with E-state index < -0.39 is 6.23 Å². The normalized spacial score (nSPS) is 12.0. The average molecular weight is 404 g/mol. The highest BCUT2D eigenvalue weighted by atomic mass is 19.1. The third-order valence-corrected chi connectivity index (χ3v) is 5.06. The van der Waals surface area contributed by atoms with Crippen LogP contribution in [-0.4, -0.2) is 25.4 Å². The molecule has 3 rings (SSSR count). The summed E-state index contributed by atoms with van der Waals surface area (Å²) in [7, 11) is 3.56. The maximum absolute atomic E-state index is 14.0. The van der Waals surface area contributed by atoms with Crippen LogP contribution in [0.1, 0.15) is 29.8 Å². The van der Waals surface area contributed by atoms with Crippen molar-refractivity contribution in [2.45, 2.75) is 13.2 Å². The summed E-state index contributed by atoms with van der Waals surface area (Å²) in [6.45, 7) is 1.88. The Hall–Kier alpha value is -3.44. The number of rotatable bonds is 7. The van der Waals surface area contributed by atoms with Crippen molar-refractivity contribution >= 4 is 23.7 Å². The van der Waals surface area contributed by atoms with Crippen molar-refractivity contribution in [3.05, 3.63) is 89.2 Å². The fourth-order valence-electron chi connectivity index (χ4n) is 3.39. The van der Waals surface area contributed by atoms with E-state index in [2.05, 4.69) is 5.32 Å². The minimum atomic E-state index is -0.914. The summed E-state index contributed by atoms with van der Waals surface area (Å²) in [5.74, 6) is -0.345. The summed E-state index contributed by atoms with van der Waals surface area (Å²) in [6.07, 6.45) is 4.08. The first-order valence-electron chi connectivity index (χ1n) is 9.73. The number of nitrogens with one attached hydrogen (secondary N) is 2. The molecule has 5 heteroatoms. The molecule has 0 aliphatic heterocycles. The molecule has 30 heavy (non-hydrogen) atoms. The van der Waals surface area contributed by atoms with E-state index >= 15 is 0 Å². The second kappa shape index (κ2) is 9.37. The number of aliphatic hydroxyl groups is 1. The van der Waals surface area contributed by atoms with E-state index in [1.165, 1.54) is 18.3 Å². The molecular formula is C25H26FN3O. The van der Waals surface area contributed by atoms with Gasteiger partial charge in [0.2, 0.25) is 0 Å². The molecule has 154 valence electrons. The molecule has 0 fully saturated rings. The number of allylic oxidation sites excluding steroid dienone is 1. The van der Waals surface area contributed by atoms with Crippen LogP contribution in [0.15, 0.2) is 66.7 Å². The Morgan fingerprint density at radius 2 is 1.73 bits per heavy atom. The van der Waals surface area contributed by atoms with Gasteiger partial charge in [-0.05, 0) is 53.9 Å². The van der Waals surface area contributed by atoms with Crippen LogP contribution in [0, 0.1) is 11.2 Å². The first-order chi connectivity index (χ1) is 14.5. The van der Waals surface area contributed by atoms with Gasteiger partial charge in [0.05, 0.1) is 0 Å². The van der Waals surface area contributed by atoms with Gasteiger partial charge in [-0.2, -0.15) is 0 Å². The summed E-state index contributed by atoms with van der Waals surface area (Å²) < 4.78 is 14.0. The van der Waals surface area contributed by atoms with Crippen LogP contribution in [0.2, 0.25) is 0 Å². The van der Waals surface area contributed by atoms with Crippen molar-refractivity contribution in [2.75, 3.05) is 24.3 Å². The highest BCUT2D eigenvalue weighted by Crippen LogP contribution is 2.29. The summed E-state index contributed by atoms with van der Waals surface area (Å²) in [4.78, 5) is 1.64. The third-order valence-electron chi connectivity index (χ3n) is 5.06. The first kappa shape index (κ1) is 21.3. The number of aliphatic hydroxyl groups excluding tert-OH is 1. The topological polar surface area (TPSA) is 59.4 Å². The molecule has 0 radical (unpaired) electrons. The van der Waals surface area contributed by atoms with E-state index in [1.807, 2.05) is 74.7 Å². The number of hydrogen-bond donors (Lipinski definition) is 3. The minimum Gasteiger partial charge on any atom is -0.388 e. The largest absolute Gasteiger partial charge is 0.388 e. The Labute approximate surface area is 176 Å². The fourth-order valence-corrected chi connectivity index (χ4v) is 3.39. The van der Waals surface area contributed by atoms with Crippen LogP contribution in [0.5, 0.6) is 0 Å². The van der Waals surface area contributed by atoms with Gasteiger partial charge in [-0.1, -0.05) is 42.5 Å². The lowest BCUT2D eigenvalue weighted by Gasteiger charge is -2.26. The molecule has 0 saturated heterocycles. The highest BCUT2D eigenvalue weighted by molar-refractivity contribution is 5.88. The molecule has 3 aromatic carbocycles. The fraction of sp³-hybridized carbons (Fsp3) is 0.160. The Bertz CT molecular complexity index is 1060. The summed E-state index contributed by atoms with van der Waals surface area (Å²) >= 11 is 0. The van der Waals surface area contributed by atoms with E-state index in [1.54, 1.807) is 11.9 Å². The van der Waals surface area contributed by atoms with Crippen molar-refractivity contribution in [3.8, 4) is 11.1 Å². The van der Waals surface area contributed by atoms with Crippen molar-refractivity contribution in [2.24, 2.45) is 0 Å². The number of anilines is 2. The van der Waals surface area contributed by atoms with E-state index in [0.29, 0.717) is 11.3 Å². The minimum absolute atomic E-state index is 0.345. The number of halogens is 1. The monoisotopic (exact) mass is 403 g/mol. The zero-order valence-corrected chi connectivity index (χ0v) is 17.4. The van der Waals surface area contributed by atoms with Gasteiger partial charge < -0.3 is 20.7 Å². The Morgan fingerprint density at radius 3 is 2.37 bits per heavy atom. The lowest BCUT2D eigenvalue weighted by atomic mass is 10.0. The van der Waals surface area contributed by atoms with Crippen LogP contribution in [-0.2, 0) is 0 Å². The van der Waals surface area contributed by atoms with E-state index in [9.17, 15) is 9.50 Å². The van der Waals surface area contributed by atoms with Gasteiger partial charge in [0.25, 0.3) is 0 Å². The van der Waals surface area contributed by atoms with E-state index in [0.717, 1.165) is 27.9 Å². The molecule has 1 unspecified atom stereocenters. The van der Waals surface area contributed by atoms with Gasteiger partial charge in [-0.25, -0.2) is 4.39 Å². The molecule has 0 amide bonds. The molecule has 0 bridgehead atoms.